The van der Waals surface area contributed by atoms with Crippen molar-refractivity contribution in [3.63, 3.8) is 0 Å². The number of imide groups is 1. The van der Waals surface area contributed by atoms with Gasteiger partial charge in [-0.2, -0.15) is 5.10 Å². The van der Waals surface area contributed by atoms with E-state index in [0.717, 1.165) is 5.69 Å². The third-order valence-corrected chi connectivity index (χ3v) is 14.2. The second-order valence-corrected chi connectivity index (χ2v) is 18.7. The number of fused-ring (bicyclic) bond motifs is 2. The van der Waals surface area contributed by atoms with Crippen LogP contribution in [0.5, 0.6) is 0 Å². The van der Waals surface area contributed by atoms with Crippen molar-refractivity contribution in [2.24, 2.45) is 0 Å². The van der Waals surface area contributed by atoms with Gasteiger partial charge in [-0.25, -0.2) is 18.2 Å². The lowest BCUT2D eigenvalue weighted by Crippen LogP contribution is -2.52. The first-order valence-electron chi connectivity index (χ1n) is 22.3. The van der Waals surface area contributed by atoms with E-state index in [9.17, 15) is 33.5 Å². The molecule has 0 bridgehead atoms. The quantitative estimate of drug-likeness (QED) is 0.134. The first kappa shape index (κ1) is 44.1. The fraction of sp³-hybridized carbons (Fsp3) is 0.383. The number of alkyl halides is 1. The highest BCUT2D eigenvalue weighted by atomic mass is 32.1. The summed E-state index contributed by atoms with van der Waals surface area (Å²) in [4.78, 5) is 76.2. The standard InChI is InChI=1S/C47H47F3N10O6S/c48-29-21-39-33(24-52-60(39)25-29)42(44(64)55-46-51-11-18-67-46)59-26-34-32(45(59)65)19-28(20-35(34)49)27-1-4-31(5-2-27)56-14-16-58(17-15-56)41(62)23-47(66)9-12-57(13-10-47)38-7-3-30(22-36(38)50)53-37-6-8-40(61)54-43(37)63/h1-5,7,11,18-20,22,24,29,37,42,53,66H,6,8-10,12-17,21,23,25-26H2,(H,51,55,64)(H,54,61,63)/t29-,37-,42?/m1/s1. The Balaban J connectivity index is 0.738. The fourth-order valence-corrected chi connectivity index (χ4v) is 10.4. The number of halogens is 3. The summed E-state index contributed by atoms with van der Waals surface area (Å²) in [6.07, 6.45) is 2.91. The number of piperazine rings is 1. The fourth-order valence-electron chi connectivity index (χ4n) is 9.86. The molecule has 3 fully saturated rings. The Bertz CT molecular complexity index is 2760. The van der Waals surface area contributed by atoms with Gasteiger partial charge in [0.2, 0.25) is 17.7 Å². The molecule has 5 amide bonds. The average Bonchev–Trinajstić information content (AvgIpc) is 4.12. The minimum atomic E-state index is -1.23. The van der Waals surface area contributed by atoms with Crippen molar-refractivity contribution in [2.45, 2.75) is 75.5 Å². The molecule has 0 aliphatic carbocycles. The van der Waals surface area contributed by atoms with Crippen molar-refractivity contribution in [3.8, 4) is 11.1 Å². The minimum absolute atomic E-state index is 0.0406. The van der Waals surface area contributed by atoms with E-state index in [1.165, 1.54) is 45.4 Å². The van der Waals surface area contributed by atoms with E-state index in [0.29, 0.717) is 84.6 Å². The molecule has 0 spiro atoms. The van der Waals surface area contributed by atoms with Gasteiger partial charge >= 0.3 is 0 Å². The molecule has 0 radical (unpaired) electrons. The normalized spacial score (nSPS) is 20.7. The lowest BCUT2D eigenvalue weighted by atomic mass is 9.87. The van der Waals surface area contributed by atoms with E-state index < -0.39 is 53.2 Å². The van der Waals surface area contributed by atoms with Gasteiger partial charge in [-0.3, -0.25) is 39.3 Å². The molecular weight excluding hydrogens is 890 g/mol. The summed E-state index contributed by atoms with van der Waals surface area (Å²) in [5.74, 6) is -3.10. The van der Waals surface area contributed by atoms with Gasteiger partial charge in [0.15, 0.2) is 5.13 Å². The van der Waals surface area contributed by atoms with Gasteiger partial charge in [0.05, 0.1) is 37.0 Å². The molecule has 67 heavy (non-hydrogen) atoms. The van der Waals surface area contributed by atoms with Crippen molar-refractivity contribution in [3.05, 3.63) is 106 Å². The van der Waals surface area contributed by atoms with Crippen molar-refractivity contribution < 1.29 is 42.3 Å². The van der Waals surface area contributed by atoms with Crippen molar-refractivity contribution >= 4 is 63.1 Å². The molecule has 20 heteroatoms. The van der Waals surface area contributed by atoms with Gasteiger partial charge < -0.3 is 30.0 Å². The third kappa shape index (κ3) is 8.82. The van der Waals surface area contributed by atoms with Gasteiger partial charge in [-0.15, -0.1) is 11.3 Å². The minimum Gasteiger partial charge on any atom is -0.389 e. The number of nitrogens with zero attached hydrogens (tertiary/aromatic N) is 7. The Labute approximate surface area is 386 Å². The smallest absolute Gasteiger partial charge is 0.255 e. The van der Waals surface area contributed by atoms with Crippen LogP contribution in [0.15, 0.2) is 72.4 Å². The number of piperidine rings is 2. The zero-order valence-corrected chi connectivity index (χ0v) is 37.0. The van der Waals surface area contributed by atoms with E-state index in [2.05, 4.69) is 30.9 Å². The molecule has 5 aliphatic heterocycles. The molecule has 3 saturated heterocycles. The Morgan fingerprint density at radius 3 is 2.43 bits per heavy atom. The van der Waals surface area contributed by atoms with E-state index in [-0.39, 0.29) is 68.1 Å². The van der Waals surface area contributed by atoms with Crippen LogP contribution >= 0.6 is 11.3 Å². The van der Waals surface area contributed by atoms with Crippen LogP contribution in [0.2, 0.25) is 0 Å². The molecule has 16 nitrogen and oxygen atoms in total. The number of amides is 5. The lowest BCUT2D eigenvalue weighted by molar-refractivity contribution is -0.138. The monoisotopic (exact) mass is 936 g/mol. The molecule has 3 atom stereocenters. The predicted octanol–water partition coefficient (Wildman–Crippen LogP) is 4.80. The second-order valence-electron chi connectivity index (χ2n) is 17.8. The average molecular weight is 937 g/mol. The van der Waals surface area contributed by atoms with E-state index in [1.54, 1.807) is 28.5 Å². The Morgan fingerprint density at radius 1 is 0.940 bits per heavy atom. The van der Waals surface area contributed by atoms with E-state index in [4.69, 9.17) is 0 Å². The maximum absolute atomic E-state index is 16.0. The molecule has 348 valence electrons. The first-order chi connectivity index (χ1) is 32.3. The zero-order chi connectivity index (χ0) is 46.6. The van der Waals surface area contributed by atoms with Gasteiger partial charge in [0.1, 0.15) is 29.9 Å². The van der Waals surface area contributed by atoms with Crippen LogP contribution in [0.1, 0.15) is 65.3 Å². The van der Waals surface area contributed by atoms with Gasteiger partial charge in [0, 0.05) is 97.4 Å². The molecule has 5 aliphatic rings. The van der Waals surface area contributed by atoms with Gasteiger partial charge in [0.25, 0.3) is 11.8 Å². The number of thiazole rings is 1. The number of aliphatic hydroxyl groups is 1. The number of hydrogen-bond donors (Lipinski definition) is 4. The molecule has 5 aromatic rings. The van der Waals surface area contributed by atoms with Crippen LogP contribution in [-0.2, 0) is 38.7 Å². The summed E-state index contributed by atoms with van der Waals surface area (Å²) in [5.41, 5.74) is 2.80. The van der Waals surface area contributed by atoms with Crippen molar-refractivity contribution in [1.82, 2.24) is 29.9 Å². The summed E-state index contributed by atoms with van der Waals surface area (Å²) >= 11 is 1.21. The van der Waals surface area contributed by atoms with E-state index in [1.807, 2.05) is 29.2 Å². The third-order valence-electron chi connectivity index (χ3n) is 13.5. The summed E-state index contributed by atoms with van der Waals surface area (Å²) in [7, 11) is 0. The Morgan fingerprint density at radius 2 is 1.72 bits per heavy atom. The number of nitrogens with one attached hydrogen (secondary N) is 3. The number of hydrogen-bond acceptors (Lipinski definition) is 12. The van der Waals surface area contributed by atoms with Gasteiger partial charge in [-0.05, 0) is 72.9 Å². The molecule has 10 rings (SSSR count). The Kier molecular flexibility index (Phi) is 11.7. The van der Waals surface area contributed by atoms with Crippen LogP contribution in [0, 0.1) is 11.6 Å². The predicted molar refractivity (Wildman–Crippen MR) is 242 cm³/mol. The summed E-state index contributed by atoms with van der Waals surface area (Å²) in [5, 5.41) is 25.8. The summed E-state index contributed by atoms with van der Waals surface area (Å²) in [6, 6.07) is 13.3. The number of benzene rings is 3. The molecule has 2 aromatic heterocycles. The highest BCUT2D eigenvalue weighted by molar-refractivity contribution is 7.13. The van der Waals surface area contributed by atoms with Crippen LogP contribution in [0.25, 0.3) is 11.1 Å². The van der Waals surface area contributed by atoms with Crippen LogP contribution in [0.4, 0.5) is 35.4 Å². The number of aromatic nitrogens is 3. The number of anilines is 4. The number of carbonyl (C=O) groups is 5. The van der Waals surface area contributed by atoms with Crippen LogP contribution in [0.3, 0.4) is 0 Å². The molecular formula is C47H47F3N10O6S. The van der Waals surface area contributed by atoms with Crippen molar-refractivity contribution in [1.29, 1.82) is 0 Å². The highest BCUT2D eigenvalue weighted by Crippen LogP contribution is 2.39. The van der Waals surface area contributed by atoms with Crippen molar-refractivity contribution in [2.75, 3.05) is 59.7 Å². The highest BCUT2D eigenvalue weighted by Gasteiger charge is 2.43. The number of carbonyl (C=O) groups excluding carboxylic acids is 5. The van der Waals surface area contributed by atoms with Gasteiger partial charge in [-0.1, -0.05) is 12.1 Å². The van der Waals surface area contributed by atoms with E-state index >= 15 is 8.78 Å². The second kappa shape index (κ2) is 17.8. The molecule has 7 heterocycles. The maximum atomic E-state index is 16.0. The summed E-state index contributed by atoms with van der Waals surface area (Å²) < 4.78 is 47.2. The molecule has 3 aromatic carbocycles. The Hall–Kier alpha value is -6.80. The van der Waals surface area contributed by atoms with Crippen LogP contribution in [-0.4, -0.2) is 116 Å². The zero-order valence-electron chi connectivity index (χ0n) is 36.2. The SMILES string of the molecule is O=C1CC[C@@H](Nc2ccc(N3CCC(O)(CC(=O)N4CCN(c5ccc(-c6cc(F)c7c(c6)C(=O)N(C(C(=O)Nc6nccs6)c6cnn8c6C[C@@H](F)C8)C7)cc5)CC4)CC3)c(F)c2)C(=O)N1. The number of rotatable bonds is 11. The largest absolute Gasteiger partial charge is 0.389 e. The summed E-state index contributed by atoms with van der Waals surface area (Å²) in [6.45, 7) is 2.56. The topological polar surface area (TPSA) is 185 Å². The lowest BCUT2D eigenvalue weighted by Gasteiger charge is -2.41. The molecule has 4 N–H and O–H groups in total. The molecule has 0 saturated carbocycles. The maximum Gasteiger partial charge on any atom is 0.255 e. The van der Waals surface area contributed by atoms with Crippen LogP contribution < -0.4 is 25.8 Å². The molecule has 1 unspecified atom stereocenters. The first-order valence-corrected chi connectivity index (χ1v) is 23.2.